The zero-order chi connectivity index (χ0) is 31.7. The first kappa shape index (κ1) is 35.9. The van der Waals surface area contributed by atoms with E-state index in [1.165, 1.54) is 26.4 Å². The van der Waals surface area contributed by atoms with Gasteiger partial charge in [-0.15, -0.1) is 0 Å². The van der Waals surface area contributed by atoms with E-state index in [2.05, 4.69) is 16.0 Å². The highest BCUT2D eigenvalue weighted by atomic mass is 16.6. The van der Waals surface area contributed by atoms with E-state index < -0.39 is 29.4 Å². The molecule has 1 heterocycles. The van der Waals surface area contributed by atoms with Gasteiger partial charge in [-0.2, -0.15) is 0 Å². The summed E-state index contributed by atoms with van der Waals surface area (Å²) in [6.45, 7) is 11.4. The quantitative estimate of drug-likeness (QED) is 0.116. The first-order valence-corrected chi connectivity index (χ1v) is 14.1. The number of cyclic esters (lactones) is 1. The molecule has 4 atom stereocenters. The van der Waals surface area contributed by atoms with E-state index in [-0.39, 0.29) is 29.8 Å². The number of esters is 1. The molecule has 0 spiro atoms. The molecule has 10 heteroatoms. The van der Waals surface area contributed by atoms with Crippen LogP contribution in [0.1, 0.15) is 60.8 Å². The van der Waals surface area contributed by atoms with Gasteiger partial charge in [-0.3, -0.25) is 9.59 Å². The fraction of sp³-hybridized carbons (Fsp3) is 0.500. The van der Waals surface area contributed by atoms with Crippen LogP contribution in [0.3, 0.4) is 0 Å². The molecule has 0 saturated heterocycles. The molecule has 232 valence electrons. The number of amides is 3. The van der Waals surface area contributed by atoms with Gasteiger partial charge in [-0.1, -0.05) is 75.8 Å². The molecule has 10 nitrogen and oxygen atoms in total. The van der Waals surface area contributed by atoms with Crippen LogP contribution in [0.15, 0.2) is 72.2 Å². The Bertz CT molecular complexity index is 1110. The molecule has 42 heavy (non-hydrogen) atoms. The Morgan fingerprint density at radius 3 is 2.40 bits per heavy atom. The van der Waals surface area contributed by atoms with Crippen molar-refractivity contribution < 1.29 is 33.4 Å². The van der Waals surface area contributed by atoms with E-state index in [0.717, 1.165) is 5.57 Å². The topological polar surface area (TPSA) is 132 Å². The number of nitrogens with one attached hydrogen (secondary N) is 3. The molecule has 0 aliphatic carbocycles. The van der Waals surface area contributed by atoms with E-state index >= 15 is 0 Å². The molecule has 0 fully saturated rings. The second kappa shape index (κ2) is 18.4. The first-order chi connectivity index (χ1) is 19.8. The molecular weight excluding hydrogens is 538 g/mol. The SMILES string of the molecule is CC=CCC(CC=CNC(=O)C(NC(=O)C=CC=CC(C)=CC(C)C1CC=C(OC)C(=O)O1)C(C)(C)C)OC(=O)NC. The minimum absolute atomic E-state index is 0.0110. The molecule has 0 saturated carbocycles. The summed E-state index contributed by atoms with van der Waals surface area (Å²) in [4.78, 5) is 49.0. The van der Waals surface area contributed by atoms with Gasteiger partial charge in [0, 0.05) is 38.3 Å². The Balaban J connectivity index is 2.70. The Morgan fingerprint density at radius 2 is 1.81 bits per heavy atom. The third-order valence-electron chi connectivity index (χ3n) is 6.31. The Labute approximate surface area is 250 Å². The van der Waals surface area contributed by atoms with Crippen molar-refractivity contribution in [2.24, 2.45) is 11.3 Å². The van der Waals surface area contributed by atoms with Gasteiger partial charge < -0.3 is 30.2 Å². The lowest BCUT2D eigenvalue weighted by Gasteiger charge is -2.29. The predicted molar refractivity (Wildman–Crippen MR) is 163 cm³/mol. The Morgan fingerprint density at radius 1 is 1.14 bits per heavy atom. The molecule has 1 rings (SSSR count). The predicted octanol–water partition coefficient (Wildman–Crippen LogP) is 4.77. The highest BCUT2D eigenvalue weighted by Crippen LogP contribution is 2.23. The number of alkyl carbamates (subject to hydrolysis) is 1. The average molecular weight is 586 g/mol. The number of hydrogen-bond acceptors (Lipinski definition) is 7. The monoisotopic (exact) mass is 585 g/mol. The summed E-state index contributed by atoms with van der Waals surface area (Å²) in [6.07, 6.45) is 17.6. The van der Waals surface area contributed by atoms with Crippen molar-refractivity contribution >= 4 is 23.9 Å². The van der Waals surface area contributed by atoms with Crippen molar-refractivity contribution in [2.45, 2.75) is 79.1 Å². The summed E-state index contributed by atoms with van der Waals surface area (Å²) >= 11 is 0. The van der Waals surface area contributed by atoms with Gasteiger partial charge in [0.1, 0.15) is 18.2 Å². The summed E-state index contributed by atoms with van der Waals surface area (Å²) in [5, 5.41) is 7.91. The van der Waals surface area contributed by atoms with Gasteiger partial charge in [0.15, 0.2) is 5.76 Å². The number of carbonyl (C=O) groups excluding carboxylic acids is 4. The largest absolute Gasteiger partial charge is 0.490 e. The van der Waals surface area contributed by atoms with E-state index in [4.69, 9.17) is 14.2 Å². The van der Waals surface area contributed by atoms with Crippen molar-refractivity contribution in [3.05, 3.63) is 72.2 Å². The van der Waals surface area contributed by atoms with Crippen LogP contribution in [0.4, 0.5) is 4.79 Å². The van der Waals surface area contributed by atoms with Crippen LogP contribution in [-0.2, 0) is 28.6 Å². The van der Waals surface area contributed by atoms with Crippen molar-refractivity contribution in [1.82, 2.24) is 16.0 Å². The molecule has 3 amide bonds. The maximum absolute atomic E-state index is 12.9. The standard InChI is InChI=1S/C32H47N3O7/c1-9-10-15-24(41-31(39)33-7)16-13-20-34-29(37)28(32(4,5)6)35-27(36)17-12-11-14-22(2)21-23(3)25-18-19-26(40-8)30(38)42-25/h9-14,17,19-21,23-25,28H,15-16,18H2,1-8H3,(H,33,39)(H,34,37)(H,35,36). The molecule has 3 N–H and O–H groups in total. The molecule has 0 aromatic carbocycles. The highest BCUT2D eigenvalue weighted by Gasteiger charge is 2.32. The van der Waals surface area contributed by atoms with Crippen LogP contribution in [0.2, 0.25) is 0 Å². The Hall–Kier alpha value is -4.08. The van der Waals surface area contributed by atoms with Gasteiger partial charge >= 0.3 is 12.1 Å². The lowest BCUT2D eigenvalue weighted by atomic mass is 9.86. The molecule has 0 aromatic heterocycles. The fourth-order valence-corrected chi connectivity index (χ4v) is 3.97. The smallest absolute Gasteiger partial charge is 0.407 e. The van der Waals surface area contributed by atoms with Crippen LogP contribution in [0.25, 0.3) is 0 Å². The van der Waals surface area contributed by atoms with Crippen molar-refractivity contribution in [3.63, 3.8) is 0 Å². The second-order valence-electron chi connectivity index (χ2n) is 11.0. The van der Waals surface area contributed by atoms with Gasteiger partial charge in [0.2, 0.25) is 11.8 Å². The van der Waals surface area contributed by atoms with Crippen LogP contribution in [-0.4, -0.2) is 56.3 Å². The van der Waals surface area contributed by atoms with Crippen LogP contribution in [0.5, 0.6) is 0 Å². The minimum atomic E-state index is -0.794. The number of rotatable bonds is 14. The summed E-state index contributed by atoms with van der Waals surface area (Å²) in [5.74, 6) is -1.02. The number of methoxy groups -OCH3 is 1. The number of allylic oxidation sites excluding steroid dienone is 5. The number of ether oxygens (including phenoxy) is 3. The lowest BCUT2D eigenvalue weighted by molar-refractivity contribution is -0.151. The fourth-order valence-electron chi connectivity index (χ4n) is 3.97. The van der Waals surface area contributed by atoms with E-state index in [1.54, 1.807) is 24.3 Å². The van der Waals surface area contributed by atoms with Crippen molar-refractivity contribution in [1.29, 1.82) is 0 Å². The summed E-state index contributed by atoms with van der Waals surface area (Å²) in [7, 11) is 2.93. The van der Waals surface area contributed by atoms with Crippen LogP contribution >= 0.6 is 0 Å². The zero-order valence-electron chi connectivity index (χ0n) is 26.1. The van der Waals surface area contributed by atoms with E-state index in [9.17, 15) is 19.2 Å². The number of carbonyl (C=O) groups is 4. The molecule has 0 aromatic rings. The molecule has 0 radical (unpaired) electrons. The van der Waals surface area contributed by atoms with Gasteiger partial charge in [-0.05, 0) is 31.5 Å². The third-order valence-corrected chi connectivity index (χ3v) is 6.31. The Kier molecular flexibility index (Phi) is 15.7. The molecule has 0 bridgehead atoms. The maximum Gasteiger partial charge on any atom is 0.407 e. The first-order valence-electron chi connectivity index (χ1n) is 14.1. The maximum atomic E-state index is 12.9. The highest BCUT2D eigenvalue weighted by molar-refractivity contribution is 5.93. The van der Waals surface area contributed by atoms with Crippen LogP contribution < -0.4 is 16.0 Å². The minimum Gasteiger partial charge on any atom is -0.490 e. The molecule has 1 aliphatic rings. The zero-order valence-corrected chi connectivity index (χ0v) is 26.1. The van der Waals surface area contributed by atoms with Crippen molar-refractivity contribution in [2.75, 3.05) is 14.2 Å². The van der Waals surface area contributed by atoms with E-state index in [0.29, 0.717) is 19.3 Å². The van der Waals surface area contributed by atoms with Gasteiger partial charge in [0.05, 0.1) is 7.11 Å². The molecular formula is C32H47N3O7. The third kappa shape index (κ3) is 13.5. The summed E-state index contributed by atoms with van der Waals surface area (Å²) < 4.78 is 15.7. The average Bonchev–Trinajstić information content (AvgIpc) is 2.93. The number of hydrogen-bond donors (Lipinski definition) is 3. The normalized spacial score (nSPS) is 18.5. The van der Waals surface area contributed by atoms with Gasteiger partial charge in [0.25, 0.3) is 0 Å². The molecule has 1 aliphatic heterocycles. The van der Waals surface area contributed by atoms with Gasteiger partial charge in [-0.25, -0.2) is 9.59 Å². The van der Waals surface area contributed by atoms with E-state index in [1.807, 2.05) is 65.8 Å². The summed E-state index contributed by atoms with van der Waals surface area (Å²) in [5.41, 5.74) is 0.392. The second-order valence-corrected chi connectivity index (χ2v) is 11.0. The van der Waals surface area contributed by atoms with Crippen LogP contribution in [0, 0.1) is 11.3 Å². The lowest BCUT2D eigenvalue weighted by Crippen LogP contribution is -2.52. The van der Waals surface area contributed by atoms with Crippen molar-refractivity contribution in [3.8, 4) is 0 Å². The molecule has 4 unspecified atom stereocenters. The summed E-state index contributed by atoms with van der Waals surface area (Å²) in [6, 6.07) is -0.794.